The third-order valence-corrected chi connectivity index (χ3v) is 2.78. The quantitative estimate of drug-likeness (QED) is 0.834. The van der Waals surface area contributed by atoms with Crippen molar-refractivity contribution in [3.05, 3.63) is 24.3 Å². The number of hydrogen-bond donors (Lipinski definition) is 1. The van der Waals surface area contributed by atoms with Gasteiger partial charge in [-0.15, -0.1) is 0 Å². The van der Waals surface area contributed by atoms with Gasteiger partial charge in [-0.05, 0) is 24.3 Å². The molecule has 0 radical (unpaired) electrons. The summed E-state index contributed by atoms with van der Waals surface area (Å²) in [5, 5.41) is 9.06. The summed E-state index contributed by atoms with van der Waals surface area (Å²) in [5.74, 6) is 0.480. The second-order valence-corrected chi connectivity index (χ2v) is 4.04. The van der Waals surface area contributed by atoms with Gasteiger partial charge in [-0.25, -0.2) is 0 Å². The lowest BCUT2D eigenvalue weighted by Crippen LogP contribution is -2.53. The summed E-state index contributed by atoms with van der Waals surface area (Å²) in [6.07, 6.45) is 0. The molecule has 1 aliphatic heterocycles. The van der Waals surface area contributed by atoms with Crippen LogP contribution in [0.2, 0.25) is 0 Å². The summed E-state index contributed by atoms with van der Waals surface area (Å²) in [5.41, 5.74) is -0.889. The molecular weight excluding hydrogens is 224 g/mol. The van der Waals surface area contributed by atoms with Gasteiger partial charge in [-0.1, -0.05) is 0 Å². The fourth-order valence-electron chi connectivity index (χ4n) is 1.51. The molecule has 1 fully saturated rings. The van der Waals surface area contributed by atoms with Crippen molar-refractivity contribution >= 4 is 5.97 Å². The van der Waals surface area contributed by atoms with Gasteiger partial charge >= 0.3 is 5.97 Å². The van der Waals surface area contributed by atoms with Crippen LogP contribution in [-0.4, -0.2) is 38.0 Å². The van der Waals surface area contributed by atoms with Gasteiger partial charge in [-0.3, -0.25) is 4.79 Å². The van der Waals surface area contributed by atoms with Crippen LogP contribution in [-0.2, 0) is 9.53 Å². The molecule has 1 aromatic carbocycles. The van der Waals surface area contributed by atoms with Crippen molar-refractivity contribution in [2.45, 2.75) is 0 Å². The van der Waals surface area contributed by atoms with Crippen molar-refractivity contribution in [2.75, 3.05) is 26.9 Å². The van der Waals surface area contributed by atoms with Crippen molar-refractivity contribution in [1.82, 2.24) is 0 Å². The first-order chi connectivity index (χ1) is 8.16. The number of carboxylic acid groups (broad SMARTS) is 1. The van der Waals surface area contributed by atoms with E-state index in [1.807, 2.05) is 0 Å². The van der Waals surface area contributed by atoms with Crippen molar-refractivity contribution in [1.29, 1.82) is 0 Å². The SMILES string of the molecule is COc1ccc(OCC2(C(=O)O)COC2)cc1. The molecule has 1 saturated heterocycles. The van der Waals surface area contributed by atoms with Gasteiger partial charge in [0.15, 0.2) is 0 Å². The van der Waals surface area contributed by atoms with Crippen LogP contribution >= 0.6 is 0 Å². The third-order valence-electron chi connectivity index (χ3n) is 2.78. The number of carboxylic acids is 1. The van der Waals surface area contributed by atoms with E-state index in [1.54, 1.807) is 31.4 Å². The van der Waals surface area contributed by atoms with Crippen LogP contribution in [0.15, 0.2) is 24.3 Å². The predicted molar refractivity (Wildman–Crippen MR) is 59.4 cm³/mol. The van der Waals surface area contributed by atoms with Gasteiger partial charge in [0.2, 0.25) is 0 Å². The van der Waals surface area contributed by atoms with Crippen molar-refractivity contribution in [2.24, 2.45) is 5.41 Å². The lowest BCUT2D eigenvalue weighted by Gasteiger charge is -2.36. The van der Waals surface area contributed by atoms with Crippen LogP contribution in [0, 0.1) is 5.41 Å². The Morgan fingerprint density at radius 3 is 2.35 bits per heavy atom. The average Bonchev–Trinajstić information content (AvgIpc) is 2.28. The maximum atomic E-state index is 11.0. The van der Waals surface area contributed by atoms with Crippen molar-refractivity contribution in [3.63, 3.8) is 0 Å². The monoisotopic (exact) mass is 238 g/mol. The molecular formula is C12H14O5. The molecule has 0 saturated carbocycles. The highest BCUT2D eigenvalue weighted by molar-refractivity contribution is 5.76. The second kappa shape index (κ2) is 4.63. The van der Waals surface area contributed by atoms with Crippen LogP contribution in [0.25, 0.3) is 0 Å². The summed E-state index contributed by atoms with van der Waals surface area (Å²) >= 11 is 0. The van der Waals surface area contributed by atoms with Gasteiger partial charge in [0.25, 0.3) is 0 Å². The van der Waals surface area contributed by atoms with Gasteiger partial charge in [-0.2, -0.15) is 0 Å². The molecule has 1 aromatic rings. The van der Waals surface area contributed by atoms with Crippen LogP contribution in [0.5, 0.6) is 11.5 Å². The minimum Gasteiger partial charge on any atom is -0.497 e. The fraction of sp³-hybridized carbons (Fsp3) is 0.417. The summed E-state index contributed by atoms with van der Waals surface area (Å²) in [6.45, 7) is 0.533. The van der Waals surface area contributed by atoms with E-state index < -0.39 is 11.4 Å². The molecule has 17 heavy (non-hydrogen) atoms. The van der Waals surface area contributed by atoms with E-state index in [0.717, 1.165) is 5.75 Å². The zero-order valence-corrected chi connectivity index (χ0v) is 9.51. The molecule has 1 heterocycles. The molecule has 0 aromatic heterocycles. The topological polar surface area (TPSA) is 65.0 Å². The maximum Gasteiger partial charge on any atom is 0.317 e. The number of aliphatic carboxylic acids is 1. The first-order valence-corrected chi connectivity index (χ1v) is 5.24. The number of methoxy groups -OCH3 is 1. The first-order valence-electron chi connectivity index (χ1n) is 5.24. The minimum atomic E-state index is -0.889. The third kappa shape index (κ3) is 2.34. The van der Waals surface area contributed by atoms with E-state index in [0.29, 0.717) is 5.75 Å². The Bertz CT molecular complexity index is 394. The second-order valence-electron chi connectivity index (χ2n) is 4.04. The van der Waals surface area contributed by atoms with E-state index in [4.69, 9.17) is 19.3 Å². The van der Waals surface area contributed by atoms with E-state index >= 15 is 0 Å². The number of rotatable bonds is 5. The molecule has 0 aliphatic carbocycles. The molecule has 0 atom stereocenters. The summed E-state index contributed by atoms with van der Waals surface area (Å²) < 4.78 is 15.4. The van der Waals surface area contributed by atoms with Gasteiger partial charge in [0, 0.05) is 0 Å². The van der Waals surface area contributed by atoms with E-state index in [9.17, 15) is 4.79 Å². The van der Waals surface area contributed by atoms with E-state index in [1.165, 1.54) is 0 Å². The van der Waals surface area contributed by atoms with Crippen LogP contribution in [0.1, 0.15) is 0 Å². The Kier molecular flexibility index (Phi) is 3.19. The normalized spacial score (nSPS) is 17.0. The average molecular weight is 238 g/mol. The molecule has 5 nitrogen and oxygen atoms in total. The highest BCUT2D eigenvalue weighted by Crippen LogP contribution is 2.29. The number of benzene rings is 1. The summed E-state index contributed by atoms with van der Waals surface area (Å²) in [6, 6.07) is 7.02. The summed E-state index contributed by atoms with van der Waals surface area (Å²) in [7, 11) is 1.58. The fourth-order valence-corrected chi connectivity index (χ4v) is 1.51. The molecule has 0 amide bonds. The Morgan fingerprint density at radius 1 is 1.35 bits per heavy atom. The van der Waals surface area contributed by atoms with Gasteiger partial charge in [0.05, 0.1) is 20.3 Å². The molecule has 92 valence electrons. The van der Waals surface area contributed by atoms with E-state index in [2.05, 4.69) is 0 Å². The molecule has 2 rings (SSSR count). The number of hydrogen-bond acceptors (Lipinski definition) is 4. The smallest absolute Gasteiger partial charge is 0.317 e. The Hall–Kier alpha value is -1.75. The van der Waals surface area contributed by atoms with Crippen LogP contribution in [0.4, 0.5) is 0 Å². The van der Waals surface area contributed by atoms with Gasteiger partial charge in [0.1, 0.15) is 23.5 Å². The zero-order chi connectivity index (χ0) is 12.3. The summed E-state index contributed by atoms with van der Waals surface area (Å²) in [4.78, 5) is 11.0. The molecule has 0 unspecified atom stereocenters. The Balaban J connectivity index is 1.94. The highest BCUT2D eigenvalue weighted by Gasteiger charge is 2.47. The van der Waals surface area contributed by atoms with Gasteiger partial charge < -0.3 is 19.3 Å². The predicted octanol–water partition coefficient (Wildman–Crippen LogP) is 1.18. The van der Waals surface area contributed by atoms with Crippen LogP contribution in [0.3, 0.4) is 0 Å². The first kappa shape index (κ1) is 11.7. The highest BCUT2D eigenvalue weighted by atomic mass is 16.5. The molecule has 1 N–H and O–H groups in total. The van der Waals surface area contributed by atoms with Crippen molar-refractivity contribution in [3.8, 4) is 11.5 Å². The lowest BCUT2D eigenvalue weighted by atomic mass is 9.87. The van der Waals surface area contributed by atoms with E-state index in [-0.39, 0.29) is 19.8 Å². The molecule has 5 heteroatoms. The largest absolute Gasteiger partial charge is 0.497 e. The standard InChI is InChI=1S/C12H14O5/c1-15-9-2-4-10(5-3-9)17-8-12(11(13)14)6-16-7-12/h2-5H,6-8H2,1H3,(H,13,14). The maximum absolute atomic E-state index is 11.0. The number of carbonyl (C=O) groups is 1. The van der Waals surface area contributed by atoms with Crippen molar-refractivity contribution < 1.29 is 24.1 Å². The Morgan fingerprint density at radius 2 is 1.94 bits per heavy atom. The molecule has 0 spiro atoms. The zero-order valence-electron chi connectivity index (χ0n) is 9.51. The Labute approximate surface area is 98.9 Å². The minimum absolute atomic E-state index is 0.120. The molecule has 1 aliphatic rings. The lowest BCUT2D eigenvalue weighted by molar-refractivity contribution is -0.185. The number of ether oxygens (including phenoxy) is 3. The van der Waals surface area contributed by atoms with Crippen LogP contribution < -0.4 is 9.47 Å². The molecule has 0 bridgehead atoms.